The van der Waals surface area contributed by atoms with Crippen LogP contribution in [0.1, 0.15) is 18.9 Å². The van der Waals surface area contributed by atoms with Crippen LogP contribution in [0.25, 0.3) is 0 Å². The molecule has 2 N–H and O–H groups in total. The highest BCUT2D eigenvalue weighted by molar-refractivity contribution is 5.76. The van der Waals surface area contributed by atoms with Crippen molar-refractivity contribution in [2.75, 3.05) is 0 Å². The Balaban J connectivity index is 1.62. The Bertz CT molecular complexity index is 612. The van der Waals surface area contributed by atoms with Gasteiger partial charge < -0.3 is 15.2 Å². The van der Waals surface area contributed by atoms with Gasteiger partial charge in [0.1, 0.15) is 6.61 Å². The lowest BCUT2D eigenvalue weighted by molar-refractivity contribution is -0.145. The largest absolute Gasteiger partial charge is 0.481 e. The second-order valence-electron chi connectivity index (χ2n) is 6.28. The fourth-order valence-corrected chi connectivity index (χ4v) is 3.65. The van der Waals surface area contributed by atoms with Gasteiger partial charge >= 0.3 is 12.1 Å². The van der Waals surface area contributed by atoms with Crippen molar-refractivity contribution in [3.63, 3.8) is 0 Å². The van der Waals surface area contributed by atoms with Crippen LogP contribution < -0.4 is 5.32 Å². The van der Waals surface area contributed by atoms with Crippen LogP contribution in [0.2, 0.25) is 0 Å². The fraction of sp³-hybridized carbons (Fsp3) is 0.412. The van der Waals surface area contributed by atoms with Gasteiger partial charge in [0.2, 0.25) is 0 Å². The third kappa shape index (κ3) is 2.58. The van der Waals surface area contributed by atoms with Crippen molar-refractivity contribution in [2.24, 2.45) is 17.3 Å². The molecule has 0 unspecified atom stereocenters. The second-order valence-corrected chi connectivity index (χ2v) is 6.28. The first-order chi connectivity index (χ1) is 10.5. The first-order valence-corrected chi connectivity index (χ1v) is 7.39. The van der Waals surface area contributed by atoms with Crippen molar-refractivity contribution in [3.8, 4) is 0 Å². The number of rotatable bonds is 4. The zero-order valence-electron chi connectivity index (χ0n) is 12.4. The summed E-state index contributed by atoms with van der Waals surface area (Å²) in [6, 6.07) is 8.97. The Hall–Kier alpha value is -2.30. The number of benzene rings is 1. The van der Waals surface area contributed by atoms with Crippen LogP contribution in [-0.2, 0) is 16.1 Å². The molecular formula is C17H19NO4. The van der Waals surface area contributed by atoms with E-state index in [-0.39, 0.29) is 17.9 Å². The average molecular weight is 301 g/mol. The lowest BCUT2D eigenvalue weighted by atomic mass is 9.78. The number of fused-ring (bicyclic) bond motifs is 2. The molecule has 0 spiro atoms. The van der Waals surface area contributed by atoms with Crippen LogP contribution in [0, 0.1) is 17.3 Å². The van der Waals surface area contributed by atoms with Gasteiger partial charge in [-0.15, -0.1) is 0 Å². The predicted octanol–water partition coefficient (Wildman–Crippen LogP) is 2.58. The predicted molar refractivity (Wildman–Crippen MR) is 80.0 cm³/mol. The number of allylic oxidation sites excluding steroid dienone is 1. The molecule has 1 aromatic rings. The molecule has 2 bridgehead atoms. The summed E-state index contributed by atoms with van der Waals surface area (Å²) in [6.07, 6.45) is 4.16. The Morgan fingerprint density at radius 2 is 2.09 bits per heavy atom. The van der Waals surface area contributed by atoms with Crippen molar-refractivity contribution in [1.82, 2.24) is 5.32 Å². The molecule has 5 heteroatoms. The highest BCUT2D eigenvalue weighted by atomic mass is 16.5. The Morgan fingerprint density at radius 3 is 2.77 bits per heavy atom. The Morgan fingerprint density at radius 1 is 1.36 bits per heavy atom. The smallest absolute Gasteiger partial charge is 0.407 e. The van der Waals surface area contributed by atoms with Gasteiger partial charge in [-0.2, -0.15) is 0 Å². The molecule has 0 heterocycles. The van der Waals surface area contributed by atoms with Gasteiger partial charge in [0, 0.05) is 5.41 Å². The summed E-state index contributed by atoms with van der Waals surface area (Å²) in [5, 5.41) is 12.2. The molecule has 1 fully saturated rings. The van der Waals surface area contributed by atoms with Crippen molar-refractivity contribution < 1.29 is 19.4 Å². The molecule has 1 saturated carbocycles. The maximum atomic E-state index is 12.0. The molecule has 2 aliphatic carbocycles. The highest BCUT2D eigenvalue weighted by Gasteiger charge is 2.56. The van der Waals surface area contributed by atoms with Crippen molar-refractivity contribution in [2.45, 2.75) is 26.0 Å². The second kappa shape index (κ2) is 5.48. The summed E-state index contributed by atoms with van der Waals surface area (Å²) in [5.74, 6) is -1.41. The van der Waals surface area contributed by atoms with E-state index in [1.807, 2.05) is 49.4 Å². The van der Waals surface area contributed by atoms with Gasteiger partial charge in [0.15, 0.2) is 0 Å². The number of ether oxygens (including phenoxy) is 1. The summed E-state index contributed by atoms with van der Waals surface area (Å²) in [4.78, 5) is 23.5. The summed E-state index contributed by atoms with van der Waals surface area (Å²) < 4.78 is 5.19. The summed E-state index contributed by atoms with van der Waals surface area (Å²) >= 11 is 0. The van der Waals surface area contributed by atoms with Crippen LogP contribution in [0.3, 0.4) is 0 Å². The van der Waals surface area contributed by atoms with E-state index in [0.29, 0.717) is 0 Å². The van der Waals surface area contributed by atoms with Crippen molar-refractivity contribution in [3.05, 3.63) is 48.0 Å². The molecule has 3 rings (SSSR count). The zero-order valence-corrected chi connectivity index (χ0v) is 12.4. The number of hydrogen-bond donors (Lipinski definition) is 2. The number of aliphatic carboxylic acids is 1. The average Bonchev–Trinajstić information content (AvgIpc) is 2.99. The Kier molecular flexibility index (Phi) is 3.64. The van der Waals surface area contributed by atoms with Crippen molar-refractivity contribution >= 4 is 12.1 Å². The van der Waals surface area contributed by atoms with Gasteiger partial charge in [-0.1, -0.05) is 49.4 Å². The molecule has 0 radical (unpaired) electrons. The quantitative estimate of drug-likeness (QED) is 0.838. The fourth-order valence-electron chi connectivity index (χ4n) is 3.65. The number of alkyl carbamates (subject to hydrolysis) is 1. The van der Waals surface area contributed by atoms with Gasteiger partial charge in [-0.05, 0) is 17.9 Å². The topological polar surface area (TPSA) is 75.6 Å². The minimum atomic E-state index is -0.872. The van der Waals surface area contributed by atoms with Crippen molar-refractivity contribution in [1.29, 1.82) is 0 Å². The van der Waals surface area contributed by atoms with Gasteiger partial charge in [-0.25, -0.2) is 4.79 Å². The SMILES string of the molecule is C[C@]12C=C[C@H](C1)[C@@H](NC(=O)OCc1ccccc1)[C@H]2C(=O)O. The van der Waals surface area contributed by atoms with Crippen LogP contribution in [0.4, 0.5) is 4.79 Å². The number of carbonyl (C=O) groups is 2. The summed E-state index contributed by atoms with van der Waals surface area (Å²) in [6.45, 7) is 2.11. The lowest BCUT2D eigenvalue weighted by Gasteiger charge is -2.30. The first-order valence-electron chi connectivity index (χ1n) is 7.39. The maximum absolute atomic E-state index is 12.0. The summed E-state index contributed by atoms with van der Waals surface area (Å²) in [7, 11) is 0. The monoisotopic (exact) mass is 301 g/mol. The normalized spacial score (nSPS) is 32.0. The molecule has 116 valence electrons. The molecule has 5 nitrogen and oxygen atoms in total. The maximum Gasteiger partial charge on any atom is 0.407 e. The van der Waals surface area contributed by atoms with E-state index in [9.17, 15) is 14.7 Å². The highest BCUT2D eigenvalue weighted by Crippen LogP contribution is 2.53. The number of carbonyl (C=O) groups excluding carboxylic acids is 1. The minimum absolute atomic E-state index is 0.0652. The van der Waals surface area contributed by atoms with Gasteiger partial charge in [0.05, 0.1) is 12.0 Å². The number of amides is 1. The van der Waals surface area contributed by atoms with E-state index in [2.05, 4.69) is 5.32 Å². The van der Waals surface area contributed by atoms with Crippen LogP contribution in [0.15, 0.2) is 42.5 Å². The van der Waals surface area contributed by atoms with Gasteiger partial charge in [0.25, 0.3) is 0 Å². The molecule has 2 aliphatic rings. The third-order valence-corrected chi connectivity index (χ3v) is 4.69. The minimum Gasteiger partial charge on any atom is -0.481 e. The van der Waals surface area contributed by atoms with Crippen LogP contribution >= 0.6 is 0 Å². The molecule has 0 aliphatic heterocycles. The third-order valence-electron chi connectivity index (χ3n) is 4.69. The first kappa shape index (κ1) is 14.6. The number of nitrogens with one attached hydrogen (secondary N) is 1. The molecule has 0 saturated heterocycles. The standard InChI is InChI=1S/C17H19NO4/c1-17-8-7-12(9-17)14(13(17)15(19)20)18-16(21)22-10-11-5-3-2-4-6-11/h2-8,12-14H,9-10H2,1H3,(H,18,21)(H,19,20)/t12-,13+,14-,17+/m1/s1. The van der Waals surface area contributed by atoms with Gasteiger partial charge in [-0.3, -0.25) is 4.79 Å². The van der Waals surface area contributed by atoms with E-state index < -0.39 is 24.0 Å². The number of carboxylic acids is 1. The molecule has 1 amide bonds. The zero-order chi connectivity index (χ0) is 15.7. The summed E-state index contributed by atoms with van der Waals surface area (Å²) in [5.41, 5.74) is 0.515. The molecule has 22 heavy (non-hydrogen) atoms. The number of carboxylic acid groups (broad SMARTS) is 1. The lowest BCUT2D eigenvalue weighted by Crippen LogP contribution is -2.47. The van der Waals surface area contributed by atoms with E-state index >= 15 is 0 Å². The van der Waals surface area contributed by atoms with Crippen LogP contribution in [0.5, 0.6) is 0 Å². The van der Waals surface area contributed by atoms with E-state index in [4.69, 9.17) is 4.74 Å². The Labute approximate surface area is 129 Å². The van der Waals surface area contributed by atoms with Crippen LogP contribution in [-0.4, -0.2) is 23.2 Å². The molecular weight excluding hydrogens is 282 g/mol. The van der Waals surface area contributed by atoms with E-state index in [1.165, 1.54) is 0 Å². The molecule has 4 atom stereocenters. The molecule has 1 aromatic carbocycles. The van der Waals surface area contributed by atoms with E-state index in [1.54, 1.807) is 0 Å². The number of hydrogen-bond acceptors (Lipinski definition) is 3. The molecule has 0 aromatic heterocycles. The van der Waals surface area contributed by atoms with E-state index in [0.717, 1.165) is 12.0 Å².